The maximum atomic E-state index is 13.9. The quantitative estimate of drug-likeness (QED) is 0.273. The number of aryl methyl sites for hydroxylation is 1. The number of aromatic nitrogens is 1. The Morgan fingerprint density at radius 1 is 1.21 bits per heavy atom. The number of fused-ring (bicyclic) bond motifs is 1. The highest BCUT2D eigenvalue weighted by atomic mass is 35.5. The molecule has 2 N–H and O–H groups in total. The Hall–Kier alpha value is -3.04. The van der Waals surface area contributed by atoms with Gasteiger partial charge >= 0.3 is 5.97 Å². The Labute approximate surface area is 224 Å². The normalized spacial score (nSPS) is 15.5. The number of methoxy groups -OCH3 is 1. The highest BCUT2D eigenvalue weighted by Gasteiger charge is 2.36. The van der Waals surface area contributed by atoms with E-state index in [0.717, 1.165) is 41.1 Å². The van der Waals surface area contributed by atoms with Crippen LogP contribution in [0.4, 0.5) is 18.9 Å². The fourth-order valence-electron chi connectivity index (χ4n) is 5.34. The number of anilines is 1. The molecule has 0 radical (unpaired) electrons. The van der Waals surface area contributed by atoms with Gasteiger partial charge in [-0.1, -0.05) is 11.6 Å². The van der Waals surface area contributed by atoms with Crippen molar-refractivity contribution in [2.45, 2.75) is 38.5 Å². The SMILES string of the molecule is COc1ccc2ncc(Cl)c(CCCC3(CC(=O)O)CCN(CCNc4cc(F)cc(F)c4F)CC3)c2c1. The molecule has 2 heterocycles. The van der Waals surface area contributed by atoms with E-state index in [1.54, 1.807) is 13.3 Å². The standard InChI is InChI=1S/C28H31ClF3N3O3/c1-38-19-4-5-24-21(15-19)20(22(29)17-34-24)3-2-6-28(16-26(36)37)7-10-35(11-8-28)12-9-33-25-14-18(30)13-23(31)27(25)32/h4-5,13-15,17,33H,2-3,6-12,16H2,1H3,(H,36,37). The third-order valence-electron chi connectivity index (χ3n) is 7.45. The van der Waals surface area contributed by atoms with Gasteiger partial charge in [0.1, 0.15) is 11.6 Å². The number of aliphatic carboxylic acids is 1. The van der Waals surface area contributed by atoms with E-state index in [-0.39, 0.29) is 17.5 Å². The number of pyridine rings is 1. The first kappa shape index (κ1) is 28.0. The zero-order valence-corrected chi connectivity index (χ0v) is 22.0. The molecule has 1 fully saturated rings. The molecule has 4 rings (SSSR count). The molecule has 0 unspecified atom stereocenters. The number of ether oxygens (including phenoxy) is 1. The monoisotopic (exact) mass is 549 g/mol. The van der Waals surface area contributed by atoms with Gasteiger partial charge in [0, 0.05) is 36.8 Å². The van der Waals surface area contributed by atoms with Crippen molar-refractivity contribution in [2.24, 2.45) is 5.41 Å². The maximum absolute atomic E-state index is 13.9. The number of benzene rings is 2. The molecule has 1 saturated heterocycles. The fraction of sp³-hybridized carbons (Fsp3) is 0.429. The van der Waals surface area contributed by atoms with Crippen LogP contribution < -0.4 is 10.1 Å². The molecule has 10 heteroatoms. The molecule has 2 aromatic carbocycles. The number of likely N-dealkylation sites (tertiary alicyclic amines) is 1. The summed E-state index contributed by atoms with van der Waals surface area (Å²) in [6.45, 7) is 2.22. The van der Waals surface area contributed by atoms with E-state index in [1.165, 1.54) is 0 Å². The Morgan fingerprint density at radius 2 is 1.97 bits per heavy atom. The first-order valence-electron chi connectivity index (χ1n) is 12.6. The first-order chi connectivity index (χ1) is 18.2. The summed E-state index contributed by atoms with van der Waals surface area (Å²) in [5.74, 6) is -3.28. The zero-order chi connectivity index (χ0) is 27.3. The van der Waals surface area contributed by atoms with Gasteiger partial charge in [-0.25, -0.2) is 13.2 Å². The highest BCUT2D eigenvalue weighted by Crippen LogP contribution is 2.40. The van der Waals surface area contributed by atoms with Crippen LogP contribution in [-0.4, -0.2) is 54.2 Å². The number of hydrogen-bond donors (Lipinski definition) is 2. The van der Waals surface area contributed by atoms with Crippen molar-refractivity contribution in [1.29, 1.82) is 0 Å². The Bertz CT molecular complexity index is 1300. The minimum absolute atomic E-state index is 0.0888. The molecular weight excluding hydrogens is 519 g/mol. The molecule has 6 nitrogen and oxygen atoms in total. The number of rotatable bonds is 11. The molecule has 38 heavy (non-hydrogen) atoms. The lowest BCUT2D eigenvalue weighted by molar-refractivity contribution is -0.140. The maximum Gasteiger partial charge on any atom is 0.303 e. The average Bonchev–Trinajstić information content (AvgIpc) is 2.88. The smallest absolute Gasteiger partial charge is 0.303 e. The molecule has 0 spiro atoms. The third-order valence-corrected chi connectivity index (χ3v) is 7.77. The van der Waals surface area contributed by atoms with Gasteiger partial charge in [-0.15, -0.1) is 0 Å². The molecule has 1 aliphatic heterocycles. The lowest BCUT2D eigenvalue weighted by Gasteiger charge is -2.41. The molecular formula is C28H31ClF3N3O3. The van der Waals surface area contributed by atoms with Crippen molar-refractivity contribution in [3.05, 3.63) is 64.6 Å². The first-order valence-corrected chi connectivity index (χ1v) is 13.0. The Morgan fingerprint density at radius 3 is 2.68 bits per heavy atom. The topological polar surface area (TPSA) is 74.7 Å². The number of nitrogens with one attached hydrogen (secondary N) is 1. The summed E-state index contributed by atoms with van der Waals surface area (Å²) in [5.41, 5.74) is 1.26. The van der Waals surface area contributed by atoms with Crippen molar-refractivity contribution in [2.75, 3.05) is 38.6 Å². The number of carbonyl (C=O) groups is 1. The molecule has 0 bridgehead atoms. The van der Waals surface area contributed by atoms with E-state index >= 15 is 0 Å². The second kappa shape index (κ2) is 12.2. The summed E-state index contributed by atoms with van der Waals surface area (Å²) >= 11 is 6.50. The second-order valence-corrected chi connectivity index (χ2v) is 10.3. The van der Waals surface area contributed by atoms with E-state index in [4.69, 9.17) is 16.3 Å². The largest absolute Gasteiger partial charge is 0.497 e. The summed E-state index contributed by atoms with van der Waals surface area (Å²) in [7, 11) is 1.61. The second-order valence-electron chi connectivity index (χ2n) is 9.91. The van der Waals surface area contributed by atoms with Gasteiger partial charge in [-0.3, -0.25) is 9.78 Å². The average molecular weight is 550 g/mol. The van der Waals surface area contributed by atoms with E-state index in [2.05, 4.69) is 15.2 Å². The van der Waals surface area contributed by atoms with Gasteiger partial charge < -0.3 is 20.1 Å². The zero-order valence-electron chi connectivity index (χ0n) is 21.2. The summed E-state index contributed by atoms with van der Waals surface area (Å²) in [5, 5.41) is 13.9. The molecule has 0 atom stereocenters. The van der Waals surface area contributed by atoms with E-state index < -0.39 is 23.4 Å². The Balaban J connectivity index is 1.35. The lowest BCUT2D eigenvalue weighted by Crippen LogP contribution is -2.43. The summed E-state index contributed by atoms with van der Waals surface area (Å²) in [4.78, 5) is 18.3. The van der Waals surface area contributed by atoms with Crippen LogP contribution in [-0.2, 0) is 11.2 Å². The summed E-state index contributed by atoms with van der Waals surface area (Å²) < 4.78 is 46.1. The number of carboxylic acid groups (broad SMARTS) is 1. The predicted molar refractivity (Wildman–Crippen MR) is 141 cm³/mol. The minimum Gasteiger partial charge on any atom is -0.497 e. The number of nitrogens with zero attached hydrogens (tertiary/aromatic N) is 2. The van der Waals surface area contributed by atoms with E-state index in [1.807, 2.05) is 18.2 Å². The van der Waals surface area contributed by atoms with Crippen LogP contribution in [0.25, 0.3) is 10.9 Å². The molecule has 0 amide bonds. The van der Waals surface area contributed by atoms with Crippen LogP contribution in [0, 0.1) is 22.9 Å². The highest BCUT2D eigenvalue weighted by molar-refractivity contribution is 6.32. The van der Waals surface area contributed by atoms with Crippen LogP contribution in [0.5, 0.6) is 5.75 Å². The van der Waals surface area contributed by atoms with Crippen LogP contribution in [0.2, 0.25) is 5.02 Å². The lowest BCUT2D eigenvalue weighted by atomic mass is 9.72. The van der Waals surface area contributed by atoms with Crippen molar-refractivity contribution in [3.63, 3.8) is 0 Å². The van der Waals surface area contributed by atoms with Crippen molar-refractivity contribution in [3.8, 4) is 5.75 Å². The molecule has 0 aliphatic carbocycles. The third kappa shape index (κ3) is 6.69. The Kier molecular flexibility index (Phi) is 8.99. The van der Waals surface area contributed by atoms with Crippen molar-refractivity contribution in [1.82, 2.24) is 9.88 Å². The predicted octanol–water partition coefficient (Wildman–Crippen LogP) is 6.31. The van der Waals surface area contributed by atoms with Gasteiger partial charge in [-0.05, 0) is 74.4 Å². The van der Waals surface area contributed by atoms with Gasteiger partial charge in [0.05, 0.1) is 29.8 Å². The summed E-state index contributed by atoms with van der Waals surface area (Å²) in [6, 6.07) is 7.11. The van der Waals surface area contributed by atoms with Gasteiger partial charge in [0.2, 0.25) is 0 Å². The number of carboxylic acids is 1. The van der Waals surface area contributed by atoms with E-state index in [0.29, 0.717) is 56.5 Å². The molecule has 1 aromatic heterocycles. The fourth-order valence-corrected chi connectivity index (χ4v) is 5.59. The van der Waals surface area contributed by atoms with Crippen LogP contribution in [0.1, 0.15) is 37.7 Å². The molecule has 204 valence electrons. The van der Waals surface area contributed by atoms with Gasteiger partial charge in [0.25, 0.3) is 0 Å². The molecule has 0 saturated carbocycles. The van der Waals surface area contributed by atoms with Crippen molar-refractivity contribution >= 4 is 34.2 Å². The van der Waals surface area contributed by atoms with Crippen LogP contribution in [0.3, 0.4) is 0 Å². The van der Waals surface area contributed by atoms with Crippen molar-refractivity contribution < 1.29 is 27.8 Å². The van der Waals surface area contributed by atoms with Gasteiger partial charge in [-0.2, -0.15) is 0 Å². The number of halogens is 4. The van der Waals surface area contributed by atoms with Crippen LogP contribution in [0.15, 0.2) is 36.5 Å². The number of piperidine rings is 1. The number of hydrogen-bond acceptors (Lipinski definition) is 5. The molecule has 1 aliphatic rings. The van der Waals surface area contributed by atoms with E-state index in [9.17, 15) is 23.1 Å². The molecule has 3 aromatic rings. The minimum atomic E-state index is -1.23. The van der Waals surface area contributed by atoms with Gasteiger partial charge in [0.15, 0.2) is 11.6 Å². The van der Waals surface area contributed by atoms with Crippen LogP contribution >= 0.6 is 11.6 Å². The summed E-state index contributed by atoms with van der Waals surface area (Å²) in [6.07, 6.45) is 5.36.